The number of hydrogen-bond acceptors (Lipinski definition) is 5. The predicted molar refractivity (Wildman–Crippen MR) is 123 cm³/mol. The number of rotatable bonds is 7. The average Bonchev–Trinajstić information content (AvgIpc) is 3.15. The van der Waals surface area contributed by atoms with Crippen LogP contribution in [0, 0.1) is 11.8 Å². The molecule has 0 bridgehead atoms. The van der Waals surface area contributed by atoms with Crippen LogP contribution in [0.25, 0.3) is 11.4 Å². The van der Waals surface area contributed by atoms with Gasteiger partial charge in [-0.3, -0.25) is 0 Å². The van der Waals surface area contributed by atoms with Crippen LogP contribution in [-0.2, 0) is 25.3 Å². The first-order valence-corrected chi connectivity index (χ1v) is 11.6. The molecule has 3 N–H and O–H groups in total. The van der Waals surface area contributed by atoms with E-state index in [4.69, 9.17) is 0 Å². The summed E-state index contributed by atoms with van der Waals surface area (Å²) in [6, 6.07) is 11.0. The van der Waals surface area contributed by atoms with Gasteiger partial charge in [-0.2, -0.15) is 26.3 Å². The zero-order chi connectivity index (χ0) is 26.8. The average molecular weight is 525 g/mol. The van der Waals surface area contributed by atoms with E-state index in [1.165, 1.54) is 36.5 Å². The number of aromatic nitrogens is 2. The highest BCUT2D eigenvalue weighted by Gasteiger charge is 2.42. The number of aliphatic hydroxyl groups is 2. The van der Waals surface area contributed by atoms with Gasteiger partial charge in [-0.15, -0.1) is 0 Å². The fourth-order valence-corrected chi connectivity index (χ4v) is 4.90. The van der Waals surface area contributed by atoms with Crippen molar-refractivity contribution in [2.24, 2.45) is 11.8 Å². The van der Waals surface area contributed by atoms with Crippen LogP contribution in [0.3, 0.4) is 0 Å². The fourth-order valence-electron chi connectivity index (χ4n) is 4.90. The number of nitrogens with zero attached hydrogens (tertiary/aromatic N) is 2. The lowest BCUT2D eigenvalue weighted by Gasteiger charge is -2.25. The maximum Gasteiger partial charge on any atom is 0.416 e. The van der Waals surface area contributed by atoms with Crippen LogP contribution in [0.2, 0.25) is 0 Å². The Balaban J connectivity index is 1.55. The summed E-state index contributed by atoms with van der Waals surface area (Å²) in [5.41, 5.74) is -0.869. The normalized spacial score (nSPS) is 22.4. The minimum absolute atomic E-state index is 0.0598. The summed E-state index contributed by atoms with van der Waals surface area (Å²) in [4.78, 5) is 8.49. The molecule has 1 aliphatic carbocycles. The Labute approximate surface area is 209 Å². The Morgan fingerprint density at radius 1 is 0.919 bits per heavy atom. The molecule has 11 heteroatoms. The number of halogens is 6. The van der Waals surface area contributed by atoms with Crippen LogP contribution in [0.5, 0.6) is 0 Å². The summed E-state index contributed by atoms with van der Waals surface area (Å²) >= 11 is 0. The van der Waals surface area contributed by atoms with Gasteiger partial charge in [-0.25, -0.2) is 9.97 Å². The van der Waals surface area contributed by atoms with Crippen LogP contribution in [-0.4, -0.2) is 38.9 Å². The molecule has 0 saturated heterocycles. The highest BCUT2D eigenvalue weighted by molar-refractivity contribution is 5.56. The van der Waals surface area contributed by atoms with Gasteiger partial charge in [0.2, 0.25) is 0 Å². The second-order valence-corrected chi connectivity index (χ2v) is 9.11. The predicted octanol–water partition coefficient (Wildman–Crippen LogP) is 4.87. The van der Waals surface area contributed by atoms with E-state index in [1.54, 1.807) is 6.07 Å². The Morgan fingerprint density at radius 3 is 2.38 bits per heavy atom. The van der Waals surface area contributed by atoms with E-state index >= 15 is 0 Å². The van der Waals surface area contributed by atoms with Crippen molar-refractivity contribution in [2.45, 2.75) is 43.9 Å². The molecule has 0 radical (unpaired) electrons. The van der Waals surface area contributed by atoms with Gasteiger partial charge < -0.3 is 15.5 Å². The molecule has 1 aromatic heterocycles. The molecule has 0 spiro atoms. The standard InChI is InChI=1S/C26H25F6N3O2/c27-25(28,29)17-6-3-5-15(10-17)24-33-9-8-18(35-24)11-19-20(14-36)23(37)12-22(19)34-13-16-4-1-2-7-21(16)26(30,31)32/h1-10,19-20,22-23,34,36-37H,11-14H2. The van der Waals surface area contributed by atoms with E-state index in [1.807, 2.05) is 0 Å². The molecule has 1 heterocycles. The molecule has 1 aliphatic rings. The van der Waals surface area contributed by atoms with Crippen LogP contribution < -0.4 is 5.32 Å². The van der Waals surface area contributed by atoms with Crippen molar-refractivity contribution in [3.05, 3.63) is 83.2 Å². The van der Waals surface area contributed by atoms with Crippen molar-refractivity contribution in [1.82, 2.24) is 15.3 Å². The van der Waals surface area contributed by atoms with Gasteiger partial charge >= 0.3 is 12.4 Å². The summed E-state index contributed by atoms with van der Waals surface area (Å²) in [6.07, 6.45) is -8.05. The summed E-state index contributed by atoms with van der Waals surface area (Å²) in [5.74, 6) is -0.851. The fraction of sp³-hybridized carbons (Fsp3) is 0.385. The number of hydrogen-bond donors (Lipinski definition) is 3. The van der Waals surface area contributed by atoms with Crippen LogP contribution in [0.15, 0.2) is 60.8 Å². The maximum absolute atomic E-state index is 13.4. The molecular weight excluding hydrogens is 500 g/mol. The Bertz CT molecular complexity index is 1220. The molecule has 4 rings (SSSR count). The highest BCUT2D eigenvalue weighted by Crippen LogP contribution is 2.37. The third kappa shape index (κ3) is 6.28. The molecule has 4 unspecified atom stereocenters. The van der Waals surface area contributed by atoms with Crippen LogP contribution in [0.4, 0.5) is 26.3 Å². The molecule has 5 nitrogen and oxygen atoms in total. The topological polar surface area (TPSA) is 78.3 Å². The Hall–Kier alpha value is -3.02. The molecule has 0 aliphatic heterocycles. The zero-order valence-corrected chi connectivity index (χ0v) is 19.5. The third-order valence-electron chi connectivity index (χ3n) is 6.75. The molecule has 0 amide bonds. The van der Waals surface area contributed by atoms with Gasteiger partial charge in [0, 0.05) is 42.6 Å². The summed E-state index contributed by atoms with van der Waals surface area (Å²) < 4.78 is 79.5. The highest BCUT2D eigenvalue weighted by atomic mass is 19.4. The van der Waals surface area contributed by atoms with E-state index in [0.717, 1.165) is 18.2 Å². The lowest BCUT2D eigenvalue weighted by atomic mass is 9.88. The van der Waals surface area contributed by atoms with Crippen molar-refractivity contribution in [2.75, 3.05) is 6.61 Å². The second kappa shape index (κ2) is 10.8. The van der Waals surface area contributed by atoms with Crippen molar-refractivity contribution in [3.63, 3.8) is 0 Å². The van der Waals surface area contributed by atoms with E-state index < -0.39 is 41.5 Å². The van der Waals surface area contributed by atoms with Gasteiger partial charge in [-0.05, 0) is 48.6 Å². The van der Waals surface area contributed by atoms with Crippen LogP contribution >= 0.6 is 0 Å². The van der Waals surface area contributed by atoms with Crippen molar-refractivity contribution in [1.29, 1.82) is 0 Å². The molecule has 198 valence electrons. The minimum Gasteiger partial charge on any atom is -0.396 e. The Morgan fingerprint density at radius 2 is 1.68 bits per heavy atom. The first-order valence-electron chi connectivity index (χ1n) is 11.6. The quantitative estimate of drug-likeness (QED) is 0.384. The molecule has 1 saturated carbocycles. The smallest absolute Gasteiger partial charge is 0.396 e. The summed E-state index contributed by atoms with van der Waals surface area (Å²) in [7, 11) is 0. The van der Waals surface area contributed by atoms with Crippen molar-refractivity contribution < 1.29 is 36.6 Å². The summed E-state index contributed by atoms with van der Waals surface area (Å²) in [5, 5.41) is 23.5. The van der Waals surface area contributed by atoms with Gasteiger partial charge in [-0.1, -0.05) is 30.3 Å². The maximum atomic E-state index is 13.4. The van der Waals surface area contributed by atoms with Gasteiger partial charge in [0.15, 0.2) is 5.82 Å². The molecule has 1 fully saturated rings. The number of benzene rings is 2. The van der Waals surface area contributed by atoms with Gasteiger partial charge in [0.25, 0.3) is 0 Å². The van der Waals surface area contributed by atoms with E-state index in [2.05, 4.69) is 15.3 Å². The molecular formula is C26H25F6N3O2. The molecule has 4 atom stereocenters. The zero-order valence-electron chi connectivity index (χ0n) is 19.5. The molecule has 37 heavy (non-hydrogen) atoms. The lowest BCUT2D eigenvalue weighted by Crippen LogP contribution is -2.36. The van der Waals surface area contributed by atoms with E-state index in [-0.39, 0.29) is 48.9 Å². The second-order valence-electron chi connectivity index (χ2n) is 9.11. The lowest BCUT2D eigenvalue weighted by molar-refractivity contribution is -0.138. The van der Waals surface area contributed by atoms with Crippen LogP contribution in [0.1, 0.15) is 28.8 Å². The van der Waals surface area contributed by atoms with Crippen molar-refractivity contribution >= 4 is 0 Å². The monoisotopic (exact) mass is 525 g/mol. The SMILES string of the molecule is OCC1C(O)CC(NCc2ccccc2C(F)(F)F)C1Cc1ccnc(-c2cccc(C(F)(F)F)c2)n1. The Kier molecular flexibility index (Phi) is 7.86. The third-order valence-corrected chi connectivity index (χ3v) is 6.75. The van der Waals surface area contributed by atoms with E-state index in [9.17, 15) is 36.6 Å². The van der Waals surface area contributed by atoms with Crippen molar-refractivity contribution in [3.8, 4) is 11.4 Å². The van der Waals surface area contributed by atoms with Gasteiger partial charge in [0.05, 0.1) is 17.2 Å². The number of alkyl halides is 6. The first-order chi connectivity index (χ1) is 17.5. The number of aliphatic hydroxyl groups excluding tert-OH is 2. The van der Waals surface area contributed by atoms with Gasteiger partial charge in [0.1, 0.15) is 0 Å². The largest absolute Gasteiger partial charge is 0.416 e. The summed E-state index contributed by atoms with van der Waals surface area (Å²) in [6.45, 7) is -0.435. The number of nitrogens with one attached hydrogen (secondary N) is 1. The minimum atomic E-state index is -4.52. The molecule has 2 aromatic carbocycles. The van der Waals surface area contributed by atoms with E-state index in [0.29, 0.717) is 5.69 Å². The molecule has 3 aromatic rings. The first kappa shape index (κ1) is 27.0.